The van der Waals surface area contributed by atoms with Crippen molar-refractivity contribution in [3.05, 3.63) is 70.6 Å². The molecule has 0 spiro atoms. The quantitative estimate of drug-likeness (QED) is 0.284. The first-order valence-electron chi connectivity index (χ1n) is 12.4. The summed E-state index contributed by atoms with van der Waals surface area (Å²) >= 11 is 6.31. The number of halogens is 1. The summed E-state index contributed by atoms with van der Waals surface area (Å²) in [6, 6.07) is 12.2. The van der Waals surface area contributed by atoms with Gasteiger partial charge in [0.1, 0.15) is 11.6 Å². The number of nitrogens with one attached hydrogen (secondary N) is 1. The lowest BCUT2D eigenvalue weighted by Gasteiger charge is -2.16. The van der Waals surface area contributed by atoms with E-state index in [1.807, 2.05) is 62.8 Å². The second-order valence-electron chi connectivity index (χ2n) is 9.54. The predicted molar refractivity (Wildman–Crippen MR) is 145 cm³/mol. The molecule has 0 aliphatic rings. The van der Waals surface area contributed by atoms with Gasteiger partial charge < -0.3 is 25.5 Å². The molecule has 3 rings (SSSR count). The standard InChI is InChI=1S/C28H35ClN4O4/c1-17(2)37-26-10-9-22(15-23(26)29)25(35)14-20(11-12-34)13-19-5-7-21(8-6-19)24-16-33(4)27(32-24)18(3)31-28(30)36/h5-10,15-18,20,34H,11-14H2,1-4H3,(H3,30,31,36)/t18?,20-/m1/s1. The van der Waals surface area contributed by atoms with Crippen LogP contribution in [0, 0.1) is 5.92 Å². The van der Waals surface area contributed by atoms with Crippen LogP contribution in [0.2, 0.25) is 5.02 Å². The van der Waals surface area contributed by atoms with E-state index >= 15 is 0 Å². The molecule has 1 unspecified atom stereocenters. The smallest absolute Gasteiger partial charge is 0.312 e. The minimum Gasteiger partial charge on any atom is -0.489 e. The Hall–Kier alpha value is -3.36. The highest BCUT2D eigenvalue weighted by atomic mass is 35.5. The molecular formula is C28H35ClN4O4. The van der Waals surface area contributed by atoms with Gasteiger partial charge in [0, 0.05) is 37.4 Å². The third-order valence-electron chi connectivity index (χ3n) is 6.06. The summed E-state index contributed by atoms with van der Waals surface area (Å²) < 4.78 is 7.51. The molecule has 0 radical (unpaired) electrons. The van der Waals surface area contributed by atoms with Gasteiger partial charge in [-0.05, 0) is 63.3 Å². The summed E-state index contributed by atoms with van der Waals surface area (Å²) in [5.41, 5.74) is 8.55. The number of imidazole rings is 1. The molecule has 8 nitrogen and oxygen atoms in total. The van der Waals surface area contributed by atoms with E-state index in [4.69, 9.17) is 22.1 Å². The van der Waals surface area contributed by atoms with Crippen LogP contribution in [-0.4, -0.2) is 39.2 Å². The summed E-state index contributed by atoms with van der Waals surface area (Å²) in [7, 11) is 1.87. The summed E-state index contributed by atoms with van der Waals surface area (Å²) in [6.07, 6.45) is 3.37. The van der Waals surface area contributed by atoms with E-state index in [0.717, 1.165) is 16.8 Å². The monoisotopic (exact) mass is 526 g/mol. The van der Waals surface area contributed by atoms with Crippen molar-refractivity contribution >= 4 is 23.4 Å². The molecule has 0 saturated heterocycles. The normalized spacial score (nSPS) is 12.8. The first kappa shape index (κ1) is 28.2. The van der Waals surface area contributed by atoms with Crippen LogP contribution in [0.5, 0.6) is 5.75 Å². The number of carbonyl (C=O) groups is 2. The van der Waals surface area contributed by atoms with Crippen molar-refractivity contribution in [1.82, 2.24) is 14.9 Å². The molecule has 37 heavy (non-hydrogen) atoms. The highest BCUT2D eigenvalue weighted by Crippen LogP contribution is 2.28. The number of Topliss-reactive ketones (excluding diaryl/α,β-unsaturated/α-hetero) is 1. The fraction of sp³-hybridized carbons (Fsp3) is 0.393. The Morgan fingerprint density at radius 3 is 2.46 bits per heavy atom. The van der Waals surface area contributed by atoms with Gasteiger partial charge >= 0.3 is 6.03 Å². The lowest BCUT2D eigenvalue weighted by molar-refractivity contribution is 0.0953. The highest BCUT2D eigenvalue weighted by Gasteiger charge is 2.18. The highest BCUT2D eigenvalue weighted by molar-refractivity contribution is 6.32. The molecule has 3 aromatic rings. The van der Waals surface area contributed by atoms with Crippen molar-refractivity contribution in [1.29, 1.82) is 0 Å². The number of hydrogen-bond donors (Lipinski definition) is 3. The molecule has 1 heterocycles. The number of aryl methyl sites for hydroxylation is 1. The molecule has 198 valence electrons. The van der Waals surface area contributed by atoms with Crippen molar-refractivity contribution in [2.45, 2.75) is 52.2 Å². The number of ketones is 1. The van der Waals surface area contributed by atoms with Crippen molar-refractivity contribution in [3.8, 4) is 17.0 Å². The second-order valence-corrected chi connectivity index (χ2v) is 9.95. The first-order chi connectivity index (χ1) is 17.6. The summed E-state index contributed by atoms with van der Waals surface area (Å²) in [5, 5.41) is 12.6. The molecule has 1 aromatic heterocycles. The Morgan fingerprint density at radius 2 is 1.86 bits per heavy atom. The number of benzene rings is 2. The maximum Gasteiger partial charge on any atom is 0.312 e. The Labute approximate surface area is 222 Å². The zero-order valence-electron chi connectivity index (χ0n) is 21.7. The van der Waals surface area contributed by atoms with Crippen LogP contribution in [0.25, 0.3) is 11.3 Å². The third kappa shape index (κ3) is 7.81. The topological polar surface area (TPSA) is 119 Å². The first-order valence-corrected chi connectivity index (χ1v) is 12.7. The minimum absolute atomic E-state index is 0.00614. The summed E-state index contributed by atoms with van der Waals surface area (Å²) in [4.78, 5) is 28.8. The number of nitrogens with zero attached hydrogens (tertiary/aromatic N) is 2. The molecule has 2 aromatic carbocycles. The van der Waals surface area contributed by atoms with Gasteiger partial charge in [0.2, 0.25) is 0 Å². The average Bonchev–Trinajstić information content (AvgIpc) is 3.22. The van der Waals surface area contributed by atoms with Crippen molar-refractivity contribution in [3.63, 3.8) is 0 Å². The van der Waals surface area contributed by atoms with Crippen molar-refractivity contribution in [2.75, 3.05) is 6.61 Å². The number of aliphatic hydroxyl groups excluding tert-OH is 1. The van der Waals surface area contributed by atoms with Gasteiger partial charge in [0.15, 0.2) is 5.78 Å². The van der Waals surface area contributed by atoms with Crippen LogP contribution in [0.3, 0.4) is 0 Å². The van der Waals surface area contributed by atoms with Gasteiger partial charge in [0.25, 0.3) is 0 Å². The van der Waals surface area contributed by atoms with E-state index in [-0.39, 0.29) is 30.5 Å². The molecule has 9 heteroatoms. The second kappa shape index (κ2) is 12.7. The maximum absolute atomic E-state index is 13.0. The van der Waals surface area contributed by atoms with E-state index in [1.165, 1.54) is 0 Å². The fourth-order valence-electron chi connectivity index (χ4n) is 4.31. The Kier molecular flexibility index (Phi) is 9.72. The lowest BCUT2D eigenvalue weighted by atomic mass is 9.89. The average molecular weight is 527 g/mol. The third-order valence-corrected chi connectivity index (χ3v) is 6.36. The van der Waals surface area contributed by atoms with Gasteiger partial charge in [0.05, 0.1) is 22.9 Å². The molecule has 2 atom stereocenters. The van der Waals surface area contributed by atoms with Crippen LogP contribution in [-0.2, 0) is 13.5 Å². The number of hydrogen-bond acceptors (Lipinski definition) is 5. The number of carbonyl (C=O) groups excluding carboxylic acids is 2. The Bertz CT molecular complexity index is 1220. The zero-order valence-corrected chi connectivity index (χ0v) is 22.5. The van der Waals surface area contributed by atoms with E-state index in [2.05, 4.69) is 10.3 Å². The van der Waals surface area contributed by atoms with E-state index in [0.29, 0.717) is 41.4 Å². The zero-order chi connectivity index (χ0) is 27.1. The Morgan fingerprint density at radius 1 is 1.16 bits per heavy atom. The molecule has 0 aliphatic carbocycles. The van der Waals surface area contributed by atoms with Crippen LogP contribution in [0.15, 0.2) is 48.7 Å². The van der Waals surface area contributed by atoms with E-state index in [1.54, 1.807) is 18.2 Å². The molecule has 4 N–H and O–H groups in total. The number of rotatable bonds is 12. The fourth-order valence-corrected chi connectivity index (χ4v) is 4.53. The van der Waals surface area contributed by atoms with Gasteiger partial charge in [-0.1, -0.05) is 35.9 Å². The van der Waals surface area contributed by atoms with Gasteiger partial charge in [-0.15, -0.1) is 0 Å². The molecule has 2 amide bonds. The maximum atomic E-state index is 13.0. The number of primary amides is 1. The van der Waals surface area contributed by atoms with Crippen LogP contribution in [0.1, 0.15) is 61.4 Å². The lowest BCUT2D eigenvalue weighted by Crippen LogP contribution is -2.32. The van der Waals surface area contributed by atoms with Gasteiger partial charge in [-0.2, -0.15) is 0 Å². The van der Waals surface area contributed by atoms with Crippen LogP contribution >= 0.6 is 11.6 Å². The Balaban J connectivity index is 1.68. The molecular weight excluding hydrogens is 492 g/mol. The van der Waals surface area contributed by atoms with E-state index < -0.39 is 6.03 Å². The number of urea groups is 1. The predicted octanol–water partition coefficient (Wildman–Crippen LogP) is 5.07. The SMILES string of the molecule is CC(C)Oc1ccc(C(=O)C[C@H](CCO)Cc2ccc(-c3cn(C)c(C(C)NC(N)=O)n3)cc2)cc1Cl. The molecule has 0 aliphatic heterocycles. The minimum atomic E-state index is -0.599. The van der Waals surface area contributed by atoms with Crippen LogP contribution < -0.4 is 15.8 Å². The number of amides is 2. The number of aromatic nitrogens is 2. The molecule has 0 fully saturated rings. The molecule has 0 saturated carbocycles. The van der Waals surface area contributed by atoms with E-state index in [9.17, 15) is 14.7 Å². The van der Waals surface area contributed by atoms with Gasteiger partial charge in [-0.3, -0.25) is 4.79 Å². The number of ether oxygens (including phenoxy) is 1. The molecule has 0 bridgehead atoms. The van der Waals surface area contributed by atoms with Crippen molar-refractivity contribution in [2.24, 2.45) is 18.7 Å². The largest absolute Gasteiger partial charge is 0.489 e. The van der Waals surface area contributed by atoms with Crippen LogP contribution in [0.4, 0.5) is 4.79 Å². The number of nitrogens with two attached hydrogens (primary N) is 1. The number of aliphatic hydroxyl groups is 1. The summed E-state index contributed by atoms with van der Waals surface area (Å²) in [5.74, 6) is 1.21. The summed E-state index contributed by atoms with van der Waals surface area (Å²) in [6.45, 7) is 5.66. The van der Waals surface area contributed by atoms with Gasteiger partial charge in [-0.25, -0.2) is 9.78 Å². The van der Waals surface area contributed by atoms with Crippen molar-refractivity contribution < 1.29 is 19.4 Å².